The standard InChI is InChI=1S/C35H71NO6S/c1-3-5-7-9-11-13-15-16-17-18-20-22-24-26-28-30-34(38)35(39)36-32(31-43(40,41)42)33(37)29-27-25-23-21-19-14-12-10-8-6-4-2/h32-34,37-38H,3-31H2,1-2H3,(H,36,39)(H,40,41,42). The van der Waals surface area contributed by atoms with Crippen LogP contribution in [0.1, 0.15) is 194 Å². The summed E-state index contributed by atoms with van der Waals surface area (Å²) in [6.07, 6.45) is 29.8. The van der Waals surface area contributed by atoms with Gasteiger partial charge < -0.3 is 15.5 Å². The molecule has 0 aliphatic rings. The van der Waals surface area contributed by atoms with E-state index in [4.69, 9.17) is 0 Å². The van der Waals surface area contributed by atoms with Crippen molar-refractivity contribution in [2.45, 2.75) is 212 Å². The number of aliphatic hydroxyl groups is 2. The molecule has 8 heteroatoms. The largest absolute Gasteiger partial charge is 0.391 e. The van der Waals surface area contributed by atoms with Gasteiger partial charge in [0, 0.05) is 0 Å². The summed E-state index contributed by atoms with van der Waals surface area (Å²) < 4.78 is 32.4. The highest BCUT2D eigenvalue weighted by Crippen LogP contribution is 2.16. The summed E-state index contributed by atoms with van der Waals surface area (Å²) in [5.41, 5.74) is 0. The second kappa shape index (κ2) is 30.0. The molecule has 0 bridgehead atoms. The second-order valence-electron chi connectivity index (χ2n) is 13.0. The SMILES string of the molecule is CCCCCCCCCCCCCCCCCC(O)C(=O)NC(CS(=O)(=O)O)C(O)CCCCCCCCCCCCC. The van der Waals surface area contributed by atoms with E-state index in [0.29, 0.717) is 12.8 Å². The zero-order chi connectivity index (χ0) is 32.0. The van der Waals surface area contributed by atoms with Crippen LogP contribution in [0.4, 0.5) is 0 Å². The molecule has 7 nitrogen and oxygen atoms in total. The first kappa shape index (κ1) is 42.3. The molecule has 0 aromatic heterocycles. The van der Waals surface area contributed by atoms with Gasteiger partial charge in [0.1, 0.15) is 6.10 Å². The van der Waals surface area contributed by atoms with E-state index in [1.807, 2.05) is 0 Å². The topological polar surface area (TPSA) is 124 Å². The molecule has 0 aromatic rings. The number of hydrogen-bond acceptors (Lipinski definition) is 5. The Hall–Kier alpha value is -0.700. The second-order valence-corrected chi connectivity index (χ2v) is 14.5. The molecule has 3 unspecified atom stereocenters. The highest BCUT2D eigenvalue weighted by molar-refractivity contribution is 7.85. The molecule has 3 atom stereocenters. The van der Waals surface area contributed by atoms with Crippen LogP contribution in [0.15, 0.2) is 0 Å². The molecule has 258 valence electrons. The van der Waals surface area contributed by atoms with E-state index in [2.05, 4.69) is 19.2 Å². The minimum Gasteiger partial charge on any atom is -0.391 e. The lowest BCUT2D eigenvalue weighted by Gasteiger charge is -2.24. The summed E-state index contributed by atoms with van der Waals surface area (Å²) >= 11 is 0. The molecule has 0 radical (unpaired) electrons. The maximum absolute atomic E-state index is 12.5. The number of unbranched alkanes of at least 4 members (excludes halogenated alkanes) is 24. The summed E-state index contributed by atoms with van der Waals surface area (Å²) in [7, 11) is -4.39. The smallest absolute Gasteiger partial charge is 0.266 e. The molecule has 43 heavy (non-hydrogen) atoms. The van der Waals surface area contributed by atoms with Crippen LogP contribution in [0.3, 0.4) is 0 Å². The van der Waals surface area contributed by atoms with Crippen molar-refractivity contribution in [2.24, 2.45) is 0 Å². The Morgan fingerprint density at radius 1 is 0.535 bits per heavy atom. The van der Waals surface area contributed by atoms with E-state index in [1.165, 1.54) is 122 Å². The first-order valence-corrected chi connectivity index (χ1v) is 19.9. The molecule has 0 fully saturated rings. The van der Waals surface area contributed by atoms with Crippen LogP contribution in [0.2, 0.25) is 0 Å². The minimum absolute atomic E-state index is 0.303. The van der Waals surface area contributed by atoms with Gasteiger partial charge in [0.05, 0.1) is 17.9 Å². The molecule has 4 N–H and O–H groups in total. The highest BCUT2D eigenvalue weighted by atomic mass is 32.2. The molecular weight excluding hydrogens is 562 g/mol. The number of carbonyl (C=O) groups excluding carboxylic acids is 1. The predicted octanol–water partition coefficient (Wildman–Crippen LogP) is 9.04. The Balaban J connectivity index is 4.01. The normalized spacial score (nSPS) is 14.1. The fourth-order valence-corrected chi connectivity index (χ4v) is 6.57. The van der Waals surface area contributed by atoms with Crippen LogP contribution in [0.5, 0.6) is 0 Å². The van der Waals surface area contributed by atoms with E-state index in [1.54, 1.807) is 0 Å². The highest BCUT2D eigenvalue weighted by Gasteiger charge is 2.28. The van der Waals surface area contributed by atoms with Gasteiger partial charge in [-0.15, -0.1) is 0 Å². The number of aliphatic hydroxyl groups excluding tert-OH is 2. The number of nitrogens with one attached hydrogen (secondary N) is 1. The average molecular weight is 634 g/mol. The van der Waals surface area contributed by atoms with Crippen LogP contribution in [0, 0.1) is 0 Å². The van der Waals surface area contributed by atoms with Crippen molar-refractivity contribution >= 4 is 16.0 Å². The van der Waals surface area contributed by atoms with Gasteiger partial charge in [0.15, 0.2) is 0 Å². The molecule has 0 aliphatic heterocycles. The van der Waals surface area contributed by atoms with Gasteiger partial charge in [-0.1, -0.05) is 181 Å². The van der Waals surface area contributed by atoms with Gasteiger partial charge in [-0.05, 0) is 12.8 Å². The predicted molar refractivity (Wildman–Crippen MR) is 181 cm³/mol. The first-order chi connectivity index (χ1) is 20.7. The van der Waals surface area contributed by atoms with Crippen molar-refractivity contribution in [2.75, 3.05) is 5.75 Å². The summed E-state index contributed by atoms with van der Waals surface area (Å²) in [5.74, 6) is -1.44. The van der Waals surface area contributed by atoms with E-state index in [-0.39, 0.29) is 0 Å². The lowest BCUT2D eigenvalue weighted by Crippen LogP contribution is -2.50. The molecule has 0 aliphatic carbocycles. The summed E-state index contributed by atoms with van der Waals surface area (Å²) in [6, 6.07) is -1.14. The fourth-order valence-electron chi connectivity index (χ4n) is 5.81. The van der Waals surface area contributed by atoms with Crippen molar-refractivity contribution in [1.29, 1.82) is 0 Å². The molecule has 0 heterocycles. The summed E-state index contributed by atoms with van der Waals surface area (Å²) in [5, 5.41) is 23.4. The molecular formula is C35H71NO6S. The third kappa shape index (κ3) is 29.8. The van der Waals surface area contributed by atoms with Crippen LogP contribution < -0.4 is 5.32 Å². The van der Waals surface area contributed by atoms with Gasteiger partial charge in [0.25, 0.3) is 10.1 Å². The van der Waals surface area contributed by atoms with E-state index < -0.39 is 40.0 Å². The molecule has 0 saturated carbocycles. The molecule has 0 rings (SSSR count). The van der Waals surface area contributed by atoms with E-state index in [9.17, 15) is 28.0 Å². The third-order valence-electron chi connectivity index (χ3n) is 8.67. The van der Waals surface area contributed by atoms with Crippen LogP contribution in [-0.2, 0) is 14.9 Å². The Bertz CT molecular complexity index is 717. The van der Waals surface area contributed by atoms with Gasteiger partial charge in [-0.25, -0.2) is 0 Å². The molecule has 0 aromatic carbocycles. The number of rotatable bonds is 33. The van der Waals surface area contributed by atoms with Gasteiger partial charge in [-0.3, -0.25) is 9.35 Å². The maximum Gasteiger partial charge on any atom is 0.266 e. The third-order valence-corrected chi connectivity index (χ3v) is 9.45. The van der Waals surface area contributed by atoms with E-state index in [0.717, 1.165) is 44.9 Å². The van der Waals surface area contributed by atoms with Crippen molar-refractivity contribution in [3.05, 3.63) is 0 Å². The van der Waals surface area contributed by atoms with Gasteiger partial charge >= 0.3 is 0 Å². The van der Waals surface area contributed by atoms with Crippen molar-refractivity contribution in [3.8, 4) is 0 Å². The molecule has 0 spiro atoms. The summed E-state index contributed by atoms with van der Waals surface area (Å²) in [6.45, 7) is 4.48. The van der Waals surface area contributed by atoms with Gasteiger partial charge in [0.2, 0.25) is 5.91 Å². The van der Waals surface area contributed by atoms with Crippen LogP contribution in [-0.4, -0.2) is 53.1 Å². The lowest BCUT2D eigenvalue weighted by molar-refractivity contribution is -0.131. The number of amides is 1. The number of hydrogen-bond donors (Lipinski definition) is 4. The van der Waals surface area contributed by atoms with Gasteiger partial charge in [-0.2, -0.15) is 8.42 Å². The van der Waals surface area contributed by atoms with E-state index >= 15 is 0 Å². The van der Waals surface area contributed by atoms with Crippen molar-refractivity contribution < 1.29 is 28.0 Å². The fraction of sp³-hybridized carbons (Fsp3) is 0.971. The average Bonchev–Trinajstić information content (AvgIpc) is 2.96. The van der Waals surface area contributed by atoms with Crippen LogP contribution >= 0.6 is 0 Å². The Labute approximate surface area is 266 Å². The van der Waals surface area contributed by atoms with Crippen molar-refractivity contribution in [3.63, 3.8) is 0 Å². The Morgan fingerprint density at radius 2 is 0.837 bits per heavy atom. The quantitative estimate of drug-likeness (QED) is 0.0422. The monoisotopic (exact) mass is 634 g/mol. The van der Waals surface area contributed by atoms with Crippen LogP contribution in [0.25, 0.3) is 0 Å². The molecule has 1 amide bonds. The zero-order valence-corrected chi connectivity index (χ0v) is 29.0. The zero-order valence-electron chi connectivity index (χ0n) is 28.2. The number of carbonyl (C=O) groups is 1. The first-order valence-electron chi connectivity index (χ1n) is 18.3. The summed E-state index contributed by atoms with van der Waals surface area (Å²) in [4.78, 5) is 12.5. The lowest BCUT2D eigenvalue weighted by atomic mass is 10.0. The molecule has 0 saturated heterocycles. The Morgan fingerprint density at radius 3 is 1.16 bits per heavy atom. The van der Waals surface area contributed by atoms with Crippen molar-refractivity contribution in [1.82, 2.24) is 5.32 Å². The maximum atomic E-state index is 12.5. The minimum atomic E-state index is -4.39. The Kier molecular flexibility index (Phi) is 29.5.